The predicted molar refractivity (Wildman–Crippen MR) is 63.2 cm³/mol. The SMILES string of the molecule is COc1cc2c(cc1OC)[C@@H](C(N)=O)NCC2. The second-order valence-electron chi connectivity index (χ2n) is 3.95. The van der Waals surface area contributed by atoms with Crippen molar-refractivity contribution in [3.05, 3.63) is 23.3 Å². The van der Waals surface area contributed by atoms with E-state index >= 15 is 0 Å². The molecule has 0 aliphatic carbocycles. The van der Waals surface area contributed by atoms with Crippen LogP contribution >= 0.6 is 0 Å². The summed E-state index contributed by atoms with van der Waals surface area (Å²) in [5.74, 6) is 0.913. The number of carbonyl (C=O) groups excluding carboxylic acids is 1. The van der Waals surface area contributed by atoms with Gasteiger partial charge in [0.05, 0.1) is 14.2 Å². The number of hydrogen-bond acceptors (Lipinski definition) is 4. The van der Waals surface area contributed by atoms with Crippen LogP contribution in [-0.2, 0) is 11.2 Å². The van der Waals surface area contributed by atoms with E-state index in [1.54, 1.807) is 14.2 Å². The van der Waals surface area contributed by atoms with E-state index in [4.69, 9.17) is 15.2 Å². The number of fused-ring (bicyclic) bond motifs is 1. The van der Waals surface area contributed by atoms with Crippen LogP contribution in [0.5, 0.6) is 11.5 Å². The minimum absolute atomic E-state index is 0.377. The maximum absolute atomic E-state index is 11.4. The lowest BCUT2D eigenvalue weighted by Crippen LogP contribution is -2.38. The first-order valence-electron chi connectivity index (χ1n) is 5.45. The summed E-state index contributed by atoms with van der Waals surface area (Å²) in [4.78, 5) is 11.4. The summed E-state index contributed by atoms with van der Waals surface area (Å²) in [7, 11) is 3.16. The summed E-state index contributed by atoms with van der Waals surface area (Å²) >= 11 is 0. The fraction of sp³-hybridized carbons (Fsp3) is 0.417. The van der Waals surface area contributed by atoms with Gasteiger partial charge in [-0.2, -0.15) is 0 Å². The monoisotopic (exact) mass is 236 g/mol. The molecule has 1 aromatic carbocycles. The Balaban J connectivity index is 2.50. The first kappa shape index (κ1) is 11.7. The van der Waals surface area contributed by atoms with E-state index in [-0.39, 0.29) is 5.91 Å². The lowest BCUT2D eigenvalue weighted by atomic mass is 9.93. The van der Waals surface area contributed by atoms with Gasteiger partial charge in [-0.3, -0.25) is 4.79 Å². The molecule has 5 heteroatoms. The first-order chi connectivity index (χ1) is 8.17. The third kappa shape index (κ3) is 2.06. The zero-order valence-electron chi connectivity index (χ0n) is 9.95. The predicted octanol–water partition coefficient (Wildman–Crippen LogP) is 0.376. The Morgan fingerprint density at radius 3 is 2.59 bits per heavy atom. The molecule has 1 atom stereocenters. The standard InChI is InChI=1S/C12H16N2O3/c1-16-9-5-7-3-4-14-11(12(13)15)8(7)6-10(9)17-2/h5-6,11,14H,3-4H2,1-2H3,(H2,13,15)/t11-/m0/s1. The van der Waals surface area contributed by atoms with Gasteiger partial charge in [0.1, 0.15) is 6.04 Å². The highest BCUT2D eigenvalue weighted by molar-refractivity contribution is 5.82. The molecule has 0 bridgehead atoms. The van der Waals surface area contributed by atoms with E-state index in [1.165, 1.54) is 0 Å². The molecule has 5 nitrogen and oxygen atoms in total. The topological polar surface area (TPSA) is 73.6 Å². The van der Waals surface area contributed by atoms with Crippen LogP contribution in [0.1, 0.15) is 17.2 Å². The van der Waals surface area contributed by atoms with Crippen LogP contribution in [0.4, 0.5) is 0 Å². The van der Waals surface area contributed by atoms with Gasteiger partial charge in [0.25, 0.3) is 0 Å². The molecule has 17 heavy (non-hydrogen) atoms. The van der Waals surface area contributed by atoms with Crippen molar-refractivity contribution in [3.63, 3.8) is 0 Å². The molecule has 0 fully saturated rings. The van der Waals surface area contributed by atoms with Gasteiger partial charge in [-0.25, -0.2) is 0 Å². The minimum Gasteiger partial charge on any atom is -0.493 e. The number of rotatable bonds is 3. The van der Waals surface area contributed by atoms with Crippen molar-refractivity contribution >= 4 is 5.91 Å². The normalized spacial score (nSPS) is 18.4. The molecule has 3 N–H and O–H groups in total. The molecule has 0 saturated heterocycles. The van der Waals surface area contributed by atoms with Crippen LogP contribution in [-0.4, -0.2) is 26.7 Å². The van der Waals surface area contributed by atoms with E-state index in [0.717, 1.165) is 24.1 Å². The van der Waals surface area contributed by atoms with E-state index in [1.807, 2.05) is 12.1 Å². The van der Waals surface area contributed by atoms with Gasteiger partial charge in [0, 0.05) is 6.54 Å². The van der Waals surface area contributed by atoms with Gasteiger partial charge in [-0.15, -0.1) is 0 Å². The van der Waals surface area contributed by atoms with Crippen LogP contribution in [0.2, 0.25) is 0 Å². The Hall–Kier alpha value is -1.75. The maximum atomic E-state index is 11.4. The molecule has 0 aromatic heterocycles. The highest BCUT2D eigenvalue weighted by atomic mass is 16.5. The second kappa shape index (κ2) is 4.63. The number of hydrogen-bond donors (Lipinski definition) is 2. The number of amides is 1. The van der Waals surface area contributed by atoms with Crippen LogP contribution in [0, 0.1) is 0 Å². The van der Waals surface area contributed by atoms with E-state index in [9.17, 15) is 4.79 Å². The number of ether oxygens (including phenoxy) is 2. The summed E-state index contributed by atoms with van der Waals surface area (Å²) in [6, 6.07) is 3.28. The summed E-state index contributed by atoms with van der Waals surface area (Å²) in [5.41, 5.74) is 7.32. The number of carbonyl (C=O) groups is 1. The molecule has 1 heterocycles. The van der Waals surface area contributed by atoms with Crippen molar-refractivity contribution in [2.45, 2.75) is 12.5 Å². The van der Waals surface area contributed by atoms with E-state index < -0.39 is 6.04 Å². The molecule has 2 rings (SSSR count). The molecular weight excluding hydrogens is 220 g/mol. The average molecular weight is 236 g/mol. The van der Waals surface area contributed by atoms with E-state index in [2.05, 4.69) is 5.32 Å². The lowest BCUT2D eigenvalue weighted by Gasteiger charge is -2.25. The summed E-state index contributed by atoms with van der Waals surface area (Å²) in [5, 5.41) is 3.09. The number of nitrogens with two attached hydrogens (primary N) is 1. The smallest absolute Gasteiger partial charge is 0.239 e. The Labute approximate surface area is 99.9 Å². The maximum Gasteiger partial charge on any atom is 0.239 e. The van der Waals surface area contributed by atoms with Crippen molar-refractivity contribution < 1.29 is 14.3 Å². The fourth-order valence-corrected chi connectivity index (χ4v) is 2.14. The largest absolute Gasteiger partial charge is 0.493 e. The number of nitrogens with one attached hydrogen (secondary N) is 1. The first-order valence-corrected chi connectivity index (χ1v) is 5.45. The summed E-state index contributed by atoms with van der Waals surface area (Å²) < 4.78 is 10.5. The van der Waals surface area contributed by atoms with Crippen molar-refractivity contribution in [1.29, 1.82) is 0 Å². The highest BCUT2D eigenvalue weighted by Gasteiger charge is 2.26. The molecule has 0 unspecified atom stereocenters. The molecule has 0 radical (unpaired) electrons. The van der Waals surface area contributed by atoms with Gasteiger partial charge in [-0.05, 0) is 29.7 Å². The summed E-state index contributed by atoms with van der Waals surface area (Å²) in [6.07, 6.45) is 0.847. The molecule has 0 spiro atoms. The van der Waals surface area contributed by atoms with Crippen molar-refractivity contribution in [2.75, 3.05) is 20.8 Å². The van der Waals surface area contributed by atoms with Crippen LogP contribution in [0.3, 0.4) is 0 Å². The van der Waals surface area contributed by atoms with Crippen LogP contribution in [0.15, 0.2) is 12.1 Å². The van der Waals surface area contributed by atoms with Gasteiger partial charge in [0.2, 0.25) is 5.91 Å². The van der Waals surface area contributed by atoms with Gasteiger partial charge < -0.3 is 20.5 Å². The number of methoxy groups -OCH3 is 2. The van der Waals surface area contributed by atoms with Crippen LogP contribution < -0.4 is 20.5 Å². The van der Waals surface area contributed by atoms with Gasteiger partial charge in [-0.1, -0.05) is 0 Å². The third-order valence-electron chi connectivity index (χ3n) is 2.98. The van der Waals surface area contributed by atoms with Gasteiger partial charge in [0.15, 0.2) is 11.5 Å². The summed E-state index contributed by atoms with van der Waals surface area (Å²) in [6.45, 7) is 0.732. The molecule has 1 aliphatic heterocycles. The Morgan fingerprint density at radius 2 is 2.00 bits per heavy atom. The highest BCUT2D eigenvalue weighted by Crippen LogP contribution is 2.34. The number of benzene rings is 1. The second-order valence-corrected chi connectivity index (χ2v) is 3.95. The van der Waals surface area contributed by atoms with Crippen LogP contribution in [0.25, 0.3) is 0 Å². The molecule has 1 aliphatic rings. The van der Waals surface area contributed by atoms with Gasteiger partial charge >= 0.3 is 0 Å². The van der Waals surface area contributed by atoms with Crippen molar-refractivity contribution in [1.82, 2.24) is 5.32 Å². The Bertz CT molecular complexity index is 446. The molecule has 92 valence electrons. The lowest BCUT2D eigenvalue weighted by molar-refractivity contribution is -0.120. The Morgan fingerprint density at radius 1 is 1.35 bits per heavy atom. The average Bonchev–Trinajstić information content (AvgIpc) is 2.35. The quantitative estimate of drug-likeness (QED) is 0.795. The minimum atomic E-state index is -0.446. The number of primary amides is 1. The third-order valence-corrected chi connectivity index (χ3v) is 2.98. The molecule has 0 saturated carbocycles. The zero-order chi connectivity index (χ0) is 12.4. The zero-order valence-corrected chi connectivity index (χ0v) is 9.95. The molecule has 1 amide bonds. The molecular formula is C12H16N2O3. The Kier molecular flexibility index (Phi) is 3.19. The van der Waals surface area contributed by atoms with Crippen molar-refractivity contribution in [3.8, 4) is 11.5 Å². The fourth-order valence-electron chi connectivity index (χ4n) is 2.14. The van der Waals surface area contributed by atoms with Crippen molar-refractivity contribution in [2.24, 2.45) is 5.73 Å². The van der Waals surface area contributed by atoms with E-state index in [0.29, 0.717) is 11.5 Å². The molecule has 1 aromatic rings.